The second kappa shape index (κ2) is 3.18. The number of hydrogen-bond acceptors (Lipinski definition) is 2. The summed E-state index contributed by atoms with van der Waals surface area (Å²) in [6, 6.07) is 0. The molecule has 1 aliphatic rings. The maximum atomic E-state index is 5.51. The number of ether oxygens (including phenoxy) is 2. The third kappa shape index (κ3) is 1.95. The minimum Gasteiger partial charge on any atom is -0.376 e. The van der Waals surface area contributed by atoms with Crippen molar-refractivity contribution in [3.05, 3.63) is 0 Å². The molecule has 0 aromatic rings. The Morgan fingerprint density at radius 3 is 2.67 bits per heavy atom. The lowest BCUT2D eigenvalue weighted by molar-refractivity contribution is -0.151. The SMILES string of the molecule is CCC(C)OC1COC1. The average molecular weight is 130 g/mol. The second-order valence-electron chi connectivity index (χ2n) is 2.51. The molecule has 0 saturated carbocycles. The molecule has 0 aromatic carbocycles. The van der Waals surface area contributed by atoms with Gasteiger partial charge in [-0.3, -0.25) is 0 Å². The molecule has 0 radical (unpaired) electrons. The van der Waals surface area contributed by atoms with Gasteiger partial charge in [0.15, 0.2) is 0 Å². The van der Waals surface area contributed by atoms with Crippen LogP contribution in [0.5, 0.6) is 0 Å². The van der Waals surface area contributed by atoms with E-state index in [1.807, 2.05) is 0 Å². The summed E-state index contributed by atoms with van der Waals surface area (Å²) in [5.41, 5.74) is 0. The first-order chi connectivity index (χ1) is 4.33. The molecule has 0 bridgehead atoms. The molecule has 1 aliphatic heterocycles. The van der Waals surface area contributed by atoms with E-state index in [0.29, 0.717) is 12.2 Å². The van der Waals surface area contributed by atoms with Crippen molar-refractivity contribution in [2.24, 2.45) is 0 Å². The van der Waals surface area contributed by atoms with Crippen molar-refractivity contribution in [3.63, 3.8) is 0 Å². The summed E-state index contributed by atoms with van der Waals surface area (Å²) in [4.78, 5) is 0. The highest BCUT2D eigenvalue weighted by Crippen LogP contribution is 2.09. The molecule has 2 nitrogen and oxygen atoms in total. The minimum atomic E-state index is 0.389. The summed E-state index contributed by atoms with van der Waals surface area (Å²) in [7, 11) is 0. The van der Waals surface area contributed by atoms with Gasteiger partial charge in [-0.25, -0.2) is 0 Å². The first-order valence-corrected chi connectivity index (χ1v) is 3.56. The molecule has 0 spiro atoms. The van der Waals surface area contributed by atoms with Gasteiger partial charge in [0, 0.05) is 0 Å². The molecule has 1 rings (SSSR count). The summed E-state index contributed by atoms with van der Waals surface area (Å²) >= 11 is 0. The van der Waals surface area contributed by atoms with Crippen LogP contribution in [0.25, 0.3) is 0 Å². The molecule has 0 amide bonds. The first-order valence-electron chi connectivity index (χ1n) is 3.56. The maximum absolute atomic E-state index is 5.51. The fourth-order valence-electron chi connectivity index (χ4n) is 0.717. The average Bonchev–Trinajstić information content (AvgIpc) is 1.78. The third-order valence-electron chi connectivity index (χ3n) is 1.61. The topological polar surface area (TPSA) is 18.5 Å². The van der Waals surface area contributed by atoms with Gasteiger partial charge in [0.1, 0.15) is 6.10 Å². The summed E-state index contributed by atoms with van der Waals surface area (Å²) < 4.78 is 10.5. The molecular formula is C7H14O2. The quantitative estimate of drug-likeness (QED) is 0.571. The van der Waals surface area contributed by atoms with Crippen molar-refractivity contribution < 1.29 is 9.47 Å². The smallest absolute Gasteiger partial charge is 0.104 e. The lowest BCUT2D eigenvalue weighted by Crippen LogP contribution is -2.38. The van der Waals surface area contributed by atoms with Gasteiger partial charge in [0.25, 0.3) is 0 Å². The molecule has 2 heteroatoms. The van der Waals surface area contributed by atoms with Crippen LogP contribution in [-0.2, 0) is 9.47 Å². The molecule has 1 atom stereocenters. The zero-order valence-electron chi connectivity index (χ0n) is 6.09. The standard InChI is InChI=1S/C7H14O2/c1-3-6(2)9-7-4-8-5-7/h6-7H,3-5H2,1-2H3. The largest absolute Gasteiger partial charge is 0.376 e. The summed E-state index contributed by atoms with van der Waals surface area (Å²) in [6.45, 7) is 5.82. The van der Waals surface area contributed by atoms with Crippen LogP contribution in [0.4, 0.5) is 0 Å². The Hall–Kier alpha value is -0.0800. The van der Waals surface area contributed by atoms with E-state index in [-0.39, 0.29) is 0 Å². The Balaban J connectivity index is 2.01. The van der Waals surface area contributed by atoms with E-state index in [4.69, 9.17) is 9.47 Å². The van der Waals surface area contributed by atoms with Crippen molar-refractivity contribution in [1.29, 1.82) is 0 Å². The number of rotatable bonds is 3. The van der Waals surface area contributed by atoms with Crippen molar-refractivity contribution in [3.8, 4) is 0 Å². The summed E-state index contributed by atoms with van der Waals surface area (Å²) in [6.07, 6.45) is 1.88. The van der Waals surface area contributed by atoms with Gasteiger partial charge in [-0.15, -0.1) is 0 Å². The van der Waals surface area contributed by atoms with E-state index >= 15 is 0 Å². The molecule has 0 aliphatic carbocycles. The Labute approximate surface area is 56.2 Å². The van der Waals surface area contributed by atoms with E-state index < -0.39 is 0 Å². The van der Waals surface area contributed by atoms with Gasteiger partial charge in [0.2, 0.25) is 0 Å². The molecule has 0 aromatic heterocycles. The van der Waals surface area contributed by atoms with E-state index in [2.05, 4.69) is 13.8 Å². The monoisotopic (exact) mass is 130 g/mol. The zero-order chi connectivity index (χ0) is 6.69. The van der Waals surface area contributed by atoms with Gasteiger partial charge in [-0.05, 0) is 13.3 Å². The van der Waals surface area contributed by atoms with E-state index in [9.17, 15) is 0 Å². The van der Waals surface area contributed by atoms with Gasteiger partial charge in [-0.2, -0.15) is 0 Å². The lowest BCUT2D eigenvalue weighted by atomic mass is 10.3. The van der Waals surface area contributed by atoms with Crippen LogP contribution in [0.2, 0.25) is 0 Å². The Kier molecular flexibility index (Phi) is 2.49. The van der Waals surface area contributed by atoms with Crippen LogP contribution < -0.4 is 0 Å². The molecule has 54 valence electrons. The zero-order valence-corrected chi connectivity index (χ0v) is 6.09. The highest BCUT2D eigenvalue weighted by atomic mass is 16.6. The molecular weight excluding hydrogens is 116 g/mol. The minimum absolute atomic E-state index is 0.389. The molecule has 1 heterocycles. The first kappa shape index (κ1) is 7.03. The van der Waals surface area contributed by atoms with Crippen LogP contribution in [0, 0.1) is 0 Å². The van der Waals surface area contributed by atoms with E-state index in [1.165, 1.54) is 0 Å². The predicted molar refractivity (Wildman–Crippen MR) is 35.4 cm³/mol. The van der Waals surface area contributed by atoms with E-state index in [0.717, 1.165) is 19.6 Å². The highest BCUT2D eigenvalue weighted by molar-refractivity contribution is 4.65. The fourth-order valence-corrected chi connectivity index (χ4v) is 0.717. The Morgan fingerprint density at radius 1 is 1.67 bits per heavy atom. The van der Waals surface area contributed by atoms with Gasteiger partial charge >= 0.3 is 0 Å². The summed E-state index contributed by atoms with van der Waals surface area (Å²) in [5, 5.41) is 0. The van der Waals surface area contributed by atoms with Crippen LogP contribution >= 0.6 is 0 Å². The van der Waals surface area contributed by atoms with Crippen molar-refractivity contribution in [2.75, 3.05) is 13.2 Å². The molecule has 9 heavy (non-hydrogen) atoms. The van der Waals surface area contributed by atoms with Gasteiger partial charge in [-0.1, -0.05) is 6.92 Å². The predicted octanol–water partition coefficient (Wildman–Crippen LogP) is 1.20. The van der Waals surface area contributed by atoms with Crippen molar-refractivity contribution >= 4 is 0 Å². The van der Waals surface area contributed by atoms with Crippen LogP contribution in [0.15, 0.2) is 0 Å². The van der Waals surface area contributed by atoms with Gasteiger partial charge < -0.3 is 9.47 Å². The fraction of sp³-hybridized carbons (Fsp3) is 1.00. The maximum Gasteiger partial charge on any atom is 0.104 e. The second-order valence-corrected chi connectivity index (χ2v) is 2.51. The lowest BCUT2D eigenvalue weighted by Gasteiger charge is -2.28. The third-order valence-corrected chi connectivity index (χ3v) is 1.61. The summed E-state index contributed by atoms with van der Waals surface area (Å²) in [5.74, 6) is 0. The normalized spacial score (nSPS) is 23.3. The number of hydrogen-bond donors (Lipinski definition) is 0. The molecule has 1 unspecified atom stereocenters. The molecule has 1 fully saturated rings. The Bertz CT molecular complexity index is 76.2. The van der Waals surface area contributed by atoms with Crippen molar-refractivity contribution in [2.45, 2.75) is 32.5 Å². The highest BCUT2D eigenvalue weighted by Gasteiger charge is 2.20. The molecule has 1 saturated heterocycles. The Morgan fingerprint density at radius 2 is 2.33 bits per heavy atom. The van der Waals surface area contributed by atoms with Crippen LogP contribution in [-0.4, -0.2) is 25.4 Å². The van der Waals surface area contributed by atoms with E-state index in [1.54, 1.807) is 0 Å². The van der Waals surface area contributed by atoms with Crippen LogP contribution in [0.3, 0.4) is 0 Å². The van der Waals surface area contributed by atoms with Gasteiger partial charge in [0.05, 0.1) is 19.3 Å². The van der Waals surface area contributed by atoms with Crippen LogP contribution in [0.1, 0.15) is 20.3 Å². The van der Waals surface area contributed by atoms with Crippen molar-refractivity contribution in [1.82, 2.24) is 0 Å². The molecule has 0 N–H and O–H groups in total.